The van der Waals surface area contributed by atoms with E-state index in [9.17, 15) is 4.79 Å². The third-order valence-electron chi connectivity index (χ3n) is 3.76. The topological polar surface area (TPSA) is 58.4 Å². The van der Waals surface area contributed by atoms with Crippen molar-refractivity contribution in [1.82, 2.24) is 10.2 Å². The van der Waals surface area contributed by atoms with Crippen LogP contribution in [0.25, 0.3) is 0 Å². The van der Waals surface area contributed by atoms with E-state index in [1.165, 1.54) is 0 Å². The zero-order chi connectivity index (χ0) is 13.7. The molecule has 0 aliphatic carbocycles. The molecule has 0 radical (unpaired) electrons. The van der Waals surface area contributed by atoms with Crippen molar-refractivity contribution < 1.29 is 4.79 Å². The fourth-order valence-corrected chi connectivity index (χ4v) is 2.46. The third kappa shape index (κ3) is 4.24. The van der Waals surface area contributed by atoms with Crippen molar-refractivity contribution in [2.45, 2.75) is 31.7 Å². The molecule has 1 aliphatic heterocycles. The van der Waals surface area contributed by atoms with Crippen molar-refractivity contribution in [1.29, 1.82) is 0 Å². The number of nitrogens with zero attached hydrogens (tertiary/aromatic N) is 1. The highest BCUT2D eigenvalue weighted by molar-refractivity contribution is 5.76. The molecule has 1 saturated heterocycles. The molecule has 1 fully saturated rings. The third-order valence-corrected chi connectivity index (χ3v) is 3.76. The first-order valence-electron chi connectivity index (χ1n) is 6.96. The molecule has 1 aliphatic rings. The fraction of sp³-hybridized carbons (Fsp3) is 0.533. The molecule has 0 atom stereocenters. The van der Waals surface area contributed by atoms with Gasteiger partial charge in [0.25, 0.3) is 0 Å². The van der Waals surface area contributed by atoms with Gasteiger partial charge in [-0.3, -0.25) is 4.79 Å². The number of hydrogen-bond donors (Lipinski definition) is 2. The van der Waals surface area contributed by atoms with Crippen LogP contribution in [0.15, 0.2) is 24.3 Å². The molecule has 104 valence electrons. The molecule has 1 aromatic carbocycles. The summed E-state index contributed by atoms with van der Waals surface area (Å²) in [6, 6.07) is 8.08. The van der Waals surface area contributed by atoms with E-state index < -0.39 is 0 Å². The summed E-state index contributed by atoms with van der Waals surface area (Å²) in [7, 11) is 2.12. The van der Waals surface area contributed by atoms with Crippen LogP contribution in [0, 0.1) is 0 Å². The number of nitrogens with two attached hydrogens (primary N) is 1. The summed E-state index contributed by atoms with van der Waals surface area (Å²) in [6.07, 6.45) is 3.33. The van der Waals surface area contributed by atoms with Gasteiger partial charge in [0, 0.05) is 18.2 Å². The van der Waals surface area contributed by atoms with E-state index >= 15 is 0 Å². The zero-order valence-electron chi connectivity index (χ0n) is 11.6. The van der Waals surface area contributed by atoms with E-state index in [4.69, 9.17) is 5.73 Å². The second-order valence-electron chi connectivity index (χ2n) is 5.34. The Labute approximate surface area is 115 Å². The maximum Gasteiger partial charge on any atom is 0.220 e. The summed E-state index contributed by atoms with van der Waals surface area (Å²) < 4.78 is 0. The Balaban J connectivity index is 1.74. The van der Waals surface area contributed by atoms with E-state index in [0.29, 0.717) is 18.9 Å². The molecule has 0 spiro atoms. The van der Waals surface area contributed by atoms with Gasteiger partial charge in [0.05, 0.1) is 0 Å². The summed E-state index contributed by atoms with van der Waals surface area (Å²) in [4.78, 5) is 14.2. The van der Waals surface area contributed by atoms with Gasteiger partial charge in [-0.2, -0.15) is 0 Å². The number of carbonyl (C=O) groups excluding carboxylic acids is 1. The molecule has 1 heterocycles. The van der Waals surface area contributed by atoms with Crippen molar-refractivity contribution in [2.24, 2.45) is 0 Å². The van der Waals surface area contributed by atoms with Crippen molar-refractivity contribution in [3.05, 3.63) is 29.8 Å². The number of likely N-dealkylation sites (tertiary alicyclic amines) is 1. The highest BCUT2D eigenvalue weighted by Gasteiger charge is 2.18. The van der Waals surface area contributed by atoms with Crippen LogP contribution in [0.5, 0.6) is 0 Å². The lowest BCUT2D eigenvalue weighted by Crippen LogP contribution is -2.43. The normalized spacial score (nSPS) is 17.3. The van der Waals surface area contributed by atoms with Gasteiger partial charge in [0.2, 0.25) is 5.91 Å². The summed E-state index contributed by atoms with van der Waals surface area (Å²) >= 11 is 0. The first kappa shape index (κ1) is 13.9. The number of nitrogens with one attached hydrogen (secondary N) is 1. The zero-order valence-corrected chi connectivity index (χ0v) is 11.6. The van der Waals surface area contributed by atoms with E-state index in [0.717, 1.165) is 37.2 Å². The maximum atomic E-state index is 11.9. The minimum atomic E-state index is 0.137. The minimum Gasteiger partial charge on any atom is -0.399 e. The Morgan fingerprint density at radius 2 is 2.05 bits per heavy atom. The van der Waals surface area contributed by atoms with Gasteiger partial charge in [0.1, 0.15) is 0 Å². The molecule has 0 saturated carbocycles. The summed E-state index contributed by atoms with van der Waals surface area (Å²) in [6.45, 7) is 2.13. The molecule has 19 heavy (non-hydrogen) atoms. The number of benzene rings is 1. The molecule has 3 N–H and O–H groups in total. The Morgan fingerprint density at radius 3 is 2.74 bits per heavy atom. The van der Waals surface area contributed by atoms with Gasteiger partial charge >= 0.3 is 0 Å². The van der Waals surface area contributed by atoms with Crippen LogP contribution in [0.2, 0.25) is 0 Å². The van der Waals surface area contributed by atoms with Gasteiger partial charge in [-0.15, -0.1) is 0 Å². The van der Waals surface area contributed by atoms with E-state index in [-0.39, 0.29) is 5.91 Å². The smallest absolute Gasteiger partial charge is 0.220 e. The molecule has 1 amide bonds. The second-order valence-corrected chi connectivity index (χ2v) is 5.34. The number of aryl methyl sites for hydroxylation is 1. The van der Waals surface area contributed by atoms with Crippen LogP contribution in [-0.2, 0) is 11.2 Å². The molecule has 0 bridgehead atoms. The SMILES string of the molecule is CN1CCC(NC(=O)CCc2ccccc2N)CC1. The number of hydrogen-bond acceptors (Lipinski definition) is 3. The number of piperidine rings is 1. The van der Waals surface area contributed by atoms with Crippen molar-refractivity contribution >= 4 is 11.6 Å². The van der Waals surface area contributed by atoms with Gasteiger partial charge in [-0.1, -0.05) is 18.2 Å². The number of nitrogen functional groups attached to an aromatic ring is 1. The van der Waals surface area contributed by atoms with Crippen molar-refractivity contribution in [3.8, 4) is 0 Å². The summed E-state index contributed by atoms with van der Waals surface area (Å²) in [5.74, 6) is 0.137. The van der Waals surface area contributed by atoms with Gasteiger partial charge < -0.3 is 16.0 Å². The first-order chi connectivity index (χ1) is 9.15. The Bertz CT molecular complexity index is 425. The fourth-order valence-electron chi connectivity index (χ4n) is 2.46. The molecule has 4 nitrogen and oxygen atoms in total. The number of anilines is 1. The van der Waals surface area contributed by atoms with Crippen LogP contribution in [-0.4, -0.2) is 37.0 Å². The number of para-hydroxylation sites is 1. The predicted molar refractivity (Wildman–Crippen MR) is 77.8 cm³/mol. The largest absolute Gasteiger partial charge is 0.399 e. The number of amides is 1. The standard InChI is InChI=1S/C15H23N3O/c1-18-10-8-13(9-11-18)17-15(19)7-6-12-4-2-3-5-14(12)16/h2-5,13H,6-11,16H2,1H3,(H,17,19). The lowest BCUT2D eigenvalue weighted by Gasteiger charge is -2.29. The summed E-state index contributed by atoms with van der Waals surface area (Å²) in [5, 5.41) is 3.12. The van der Waals surface area contributed by atoms with E-state index in [1.54, 1.807) is 0 Å². The Morgan fingerprint density at radius 1 is 1.37 bits per heavy atom. The second kappa shape index (κ2) is 6.57. The van der Waals surface area contributed by atoms with Crippen LogP contribution >= 0.6 is 0 Å². The quantitative estimate of drug-likeness (QED) is 0.806. The highest BCUT2D eigenvalue weighted by Crippen LogP contribution is 2.13. The predicted octanol–water partition coefficient (Wildman–Crippen LogP) is 1.41. The van der Waals surface area contributed by atoms with Gasteiger partial charge in [0.15, 0.2) is 0 Å². The average molecular weight is 261 g/mol. The first-order valence-corrected chi connectivity index (χ1v) is 6.96. The van der Waals surface area contributed by atoms with Crippen LogP contribution in [0.4, 0.5) is 5.69 Å². The molecular weight excluding hydrogens is 238 g/mol. The maximum absolute atomic E-state index is 11.9. The average Bonchev–Trinajstić information content (AvgIpc) is 2.40. The molecule has 2 rings (SSSR count). The van der Waals surface area contributed by atoms with Crippen LogP contribution in [0.1, 0.15) is 24.8 Å². The Kier molecular flexibility index (Phi) is 4.80. The van der Waals surface area contributed by atoms with Gasteiger partial charge in [-0.05, 0) is 51.0 Å². The molecule has 0 unspecified atom stereocenters. The lowest BCUT2D eigenvalue weighted by molar-refractivity contribution is -0.122. The molecular formula is C15H23N3O. The lowest BCUT2D eigenvalue weighted by atomic mass is 10.0. The molecule has 0 aromatic heterocycles. The monoisotopic (exact) mass is 261 g/mol. The van der Waals surface area contributed by atoms with Gasteiger partial charge in [-0.25, -0.2) is 0 Å². The van der Waals surface area contributed by atoms with Crippen molar-refractivity contribution in [3.63, 3.8) is 0 Å². The molecule has 1 aromatic rings. The summed E-state index contributed by atoms with van der Waals surface area (Å²) in [5.41, 5.74) is 7.70. The molecule has 4 heteroatoms. The van der Waals surface area contributed by atoms with E-state index in [2.05, 4.69) is 17.3 Å². The van der Waals surface area contributed by atoms with Crippen molar-refractivity contribution in [2.75, 3.05) is 25.9 Å². The number of rotatable bonds is 4. The van der Waals surface area contributed by atoms with Crippen LogP contribution < -0.4 is 11.1 Å². The van der Waals surface area contributed by atoms with E-state index in [1.807, 2.05) is 24.3 Å². The van der Waals surface area contributed by atoms with Crippen LogP contribution in [0.3, 0.4) is 0 Å². The number of carbonyl (C=O) groups is 1. The minimum absolute atomic E-state index is 0.137. The highest BCUT2D eigenvalue weighted by atomic mass is 16.1. The Hall–Kier alpha value is -1.55.